The molecule has 3 heterocycles. The van der Waals surface area contributed by atoms with E-state index in [1.807, 2.05) is 28.8 Å². The van der Waals surface area contributed by atoms with Gasteiger partial charge in [0.05, 0.1) is 33.9 Å². The van der Waals surface area contributed by atoms with Crippen LogP contribution in [0.4, 0.5) is 4.39 Å². The molecule has 6 nitrogen and oxygen atoms in total. The number of nitrogens with zero attached hydrogens (tertiary/aromatic N) is 2. The minimum Gasteiger partial charge on any atom is -0.404 e. The molecule has 0 saturated heterocycles. The molecule has 0 unspecified atom stereocenters. The standard InChI is InChI=1S/C22H18FN5OS/c23-15-4-1-13(2-5-15)22(26)16(9-24)14-3-8-21-27-11-17(28(21)12-14)19-6-7-20(30-19)18(29)10-25/h1-9,11-12,26H,10,24-25H2/b16-9-,26-22?. The normalized spacial score (nSPS) is 11.7. The van der Waals surface area contributed by atoms with Crippen LogP contribution in [0.2, 0.25) is 0 Å². The first-order valence-electron chi connectivity index (χ1n) is 9.09. The number of benzene rings is 1. The van der Waals surface area contributed by atoms with Gasteiger partial charge >= 0.3 is 0 Å². The quantitative estimate of drug-likeness (QED) is 0.327. The van der Waals surface area contributed by atoms with E-state index in [1.165, 1.54) is 29.7 Å². The Hall–Kier alpha value is -3.62. The number of hydrogen-bond acceptors (Lipinski definition) is 6. The third-order valence-electron chi connectivity index (χ3n) is 4.70. The van der Waals surface area contributed by atoms with Crippen LogP contribution in [-0.4, -0.2) is 27.4 Å². The van der Waals surface area contributed by atoms with Crippen LogP contribution in [0.25, 0.3) is 21.8 Å². The summed E-state index contributed by atoms with van der Waals surface area (Å²) in [6.45, 7) is -0.0343. The SMILES string of the molecule is N=C(/C(=C\N)c1ccc2ncc(-c3ccc(C(=O)CN)s3)n2c1)c1ccc(F)cc1. The van der Waals surface area contributed by atoms with E-state index in [9.17, 15) is 9.18 Å². The van der Waals surface area contributed by atoms with Crippen molar-refractivity contribution in [1.82, 2.24) is 9.38 Å². The molecule has 8 heteroatoms. The van der Waals surface area contributed by atoms with Crippen molar-refractivity contribution >= 4 is 34.1 Å². The fraction of sp³-hybridized carbons (Fsp3) is 0.0455. The molecule has 0 aliphatic carbocycles. The first-order valence-corrected chi connectivity index (χ1v) is 9.91. The molecule has 0 fully saturated rings. The molecule has 150 valence electrons. The first kappa shape index (κ1) is 19.7. The van der Waals surface area contributed by atoms with Gasteiger partial charge in [0.1, 0.15) is 11.5 Å². The van der Waals surface area contributed by atoms with E-state index in [-0.39, 0.29) is 23.9 Å². The van der Waals surface area contributed by atoms with Crippen LogP contribution >= 0.6 is 11.3 Å². The van der Waals surface area contributed by atoms with Crippen molar-refractivity contribution in [2.75, 3.05) is 6.54 Å². The van der Waals surface area contributed by atoms with Gasteiger partial charge in [0.2, 0.25) is 0 Å². The molecular weight excluding hydrogens is 401 g/mol. The highest BCUT2D eigenvalue weighted by atomic mass is 32.1. The molecule has 3 aromatic heterocycles. The number of carbonyl (C=O) groups is 1. The van der Waals surface area contributed by atoms with Crippen molar-refractivity contribution in [2.24, 2.45) is 11.5 Å². The number of pyridine rings is 1. The molecule has 0 aliphatic rings. The van der Waals surface area contributed by atoms with Crippen molar-refractivity contribution in [3.8, 4) is 10.6 Å². The second kappa shape index (κ2) is 8.02. The number of Topliss-reactive ketones (excluding diaryl/α,β-unsaturated/α-hetero) is 1. The van der Waals surface area contributed by atoms with E-state index in [2.05, 4.69) is 4.98 Å². The molecule has 1 aromatic carbocycles. The van der Waals surface area contributed by atoms with Crippen LogP contribution in [0.3, 0.4) is 0 Å². The lowest BCUT2D eigenvalue weighted by Crippen LogP contribution is -2.11. The largest absolute Gasteiger partial charge is 0.404 e. The Morgan fingerprint density at radius 1 is 1.13 bits per heavy atom. The van der Waals surface area contributed by atoms with E-state index in [1.54, 1.807) is 24.4 Å². The Bertz CT molecular complexity index is 1290. The molecule has 5 N–H and O–H groups in total. The number of imidazole rings is 1. The molecule has 30 heavy (non-hydrogen) atoms. The summed E-state index contributed by atoms with van der Waals surface area (Å²) < 4.78 is 15.1. The third kappa shape index (κ3) is 3.54. The Labute approximate surface area is 175 Å². The van der Waals surface area contributed by atoms with Crippen LogP contribution in [0.15, 0.2) is 67.1 Å². The van der Waals surface area contributed by atoms with E-state index in [0.29, 0.717) is 21.6 Å². The van der Waals surface area contributed by atoms with E-state index < -0.39 is 0 Å². The smallest absolute Gasteiger partial charge is 0.186 e. The number of halogens is 1. The highest BCUT2D eigenvalue weighted by molar-refractivity contribution is 7.17. The van der Waals surface area contributed by atoms with Gasteiger partial charge in [0.15, 0.2) is 5.78 Å². The molecule has 0 amide bonds. The maximum absolute atomic E-state index is 13.2. The van der Waals surface area contributed by atoms with Crippen LogP contribution in [-0.2, 0) is 0 Å². The Morgan fingerprint density at radius 2 is 1.87 bits per heavy atom. The molecule has 0 atom stereocenters. The predicted octanol–water partition coefficient (Wildman–Crippen LogP) is 3.71. The van der Waals surface area contributed by atoms with Gasteiger partial charge in [-0.3, -0.25) is 14.6 Å². The fourth-order valence-electron chi connectivity index (χ4n) is 3.14. The minimum atomic E-state index is -0.363. The number of carbonyl (C=O) groups excluding carboxylic acids is 1. The summed E-state index contributed by atoms with van der Waals surface area (Å²) >= 11 is 1.36. The van der Waals surface area contributed by atoms with Gasteiger partial charge in [0, 0.05) is 29.1 Å². The first-order chi connectivity index (χ1) is 14.5. The van der Waals surface area contributed by atoms with Crippen molar-refractivity contribution in [1.29, 1.82) is 5.41 Å². The molecule has 0 radical (unpaired) electrons. The lowest BCUT2D eigenvalue weighted by atomic mass is 9.98. The predicted molar refractivity (Wildman–Crippen MR) is 117 cm³/mol. The molecule has 0 bridgehead atoms. The van der Waals surface area contributed by atoms with Crippen molar-refractivity contribution in [3.63, 3.8) is 0 Å². The topological polar surface area (TPSA) is 110 Å². The van der Waals surface area contributed by atoms with E-state index >= 15 is 0 Å². The molecule has 0 aliphatic heterocycles. The van der Waals surface area contributed by atoms with Gasteiger partial charge in [-0.25, -0.2) is 9.37 Å². The lowest BCUT2D eigenvalue weighted by Gasteiger charge is -2.11. The number of nitrogens with two attached hydrogens (primary N) is 2. The van der Waals surface area contributed by atoms with Crippen LogP contribution in [0, 0.1) is 11.2 Å². The number of aromatic nitrogens is 2. The van der Waals surface area contributed by atoms with Gasteiger partial charge in [-0.1, -0.05) is 0 Å². The molecule has 4 aromatic rings. The second-order valence-electron chi connectivity index (χ2n) is 6.54. The summed E-state index contributed by atoms with van der Waals surface area (Å²) in [5, 5.41) is 8.51. The number of allylic oxidation sites excluding steroid dienone is 1. The Balaban J connectivity index is 1.74. The van der Waals surface area contributed by atoms with E-state index in [0.717, 1.165) is 16.2 Å². The summed E-state index contributed by atoms with van der Waals surface area (Å²) in [7, 11) is 0. The number of hydrogen-bond donors (Lipinski definition) is 3. The average molecular weight is 419 g/mol. The number of rotatable bonds is 6. The fourth-order valence-corrected chi connectivity index (χ4v) is 4.11. The highest BCUT2D eigenvalue weighted by Crippen LogP contribution is 2.30. The number of nitrogens with one attached hydrogen (secondary N) is 1. The number of ketones is 1. The zero-order chi connectivity index (χ0) is 21.3. The molecular formula is C22H18FN5OS. The molecule has 0 saturated carbocycles. The van der Waals surface area contributed by atoms with Gasteiger partial charge in [-0.2, -0.15) is 0 Å². The number of thiophene rings is 1. The third-order valence-corrected chi connectivity index (χ3v) is 5.85. The summed E-state index contributed by atoms with van der Waals surface area (Å²) in [5.41, 5.74) is 14.8. The second-order valence-corrected chi connectivity index (χ2v) is 7.63. The maximum Gasteiger partial charge on any atom is 0.186 e. The van der Waals surface area contributed by atoms with Crippen molar-refractivity contribution in [2.45, 2.75) is 0 Å². The molecule has 0 spiro atoms. The zero-order valence-corrected chi connectivity index (χ0v) is 16.6. The number of fused-ring (bicyclic) bond motifs is 1. The van der Waals surface area contributed by atoms with Crippen molar-refractivity contribution in [3.05, 3.63) is 88.9 Å². The average Bonchev–Trinajstić information content (AvgIpc) is 3.41. The highest BCUT2D eigenvalue weighted by Gasteiger charge is 2.15. The summed E-state index contributed by atoms with van der Waals surface area (Å²) in [6.07, 6.45) is 4.95. The van der Waals surface area contributed by atoms with Gasteiger partial charge in [0.25, 0.3) is 0 Å². The Kier molecular flexibility index (Phi) is 5.26. The summed E-state index contributed by atoms with van der Waals surface area (Å²) in [4.78, 5) is 17.8. The minimum absolute atomic E-state index is 0.0343. The van der Waals surface area contributed by atoms with E-state index in [4.69, 9.17) is 16.9 Å². The van der Waals surface area contributed by atoms with Gasteiger partial charge < -0.3 is 11.5 Å². The van der Waals surface area contributed by atoms with Crippen LogP contribution < -0.4 is 11.5 Å². The van der Waals surface area contributed by atoms with Crippen LogP contribution in [0.1, 0.15) is 20.8 Å². The molecule has 4 rings (SSSR count). The van der Waals surface area contributed by atoms with Gasteiger partial charge in [-0.15, -0.1) is 11.3 Å². The lowest BCUT2D eigenvalue weighted by molar-refractivity contribution is 0.100. The summed E-state index contributed by atoms with van der Waals surface area (Å²) in [6, 6.07) is 13.0. The maximum atomic E-state index is 13.2. The zero-order valence-electron chi connectivity index (χ0n) is 15.8. The van der Waals surface area contributed by atoms with Gasteiger partial charge in [-0.05, 0) is 48.5 Å². The Morgan fingerprint density at radius 3 is 2.57 bits per heavy atom. The summed E-state index contributed by atoms with van der Waals surface area (Å²) in [5.74, 6) is -0.473. The van der Waals surface area contributed by atoms with Crippen LogP contribution in [0.5, 0.6) is 0 Å². The monoisotopic (exact) mass is 419 g/mol. The van der Waals surface area contributed by atoms with Crippen molar-refractivity contribution < 1.29 is 9.18 Å².